The van der Waals surface area contributed by atoms with Crippen molar-refractivity contribution in [1.29, 1.82) is 0 Å². The molecule has 0 radical (unpaired) electrons. The summed E-state index contributed by atoms with van der Waals surface area (Å²) in [5.74, 6) is -0.540. The van der Waals surface area contributed by atoms with Crippen molar-refractivity contribution >= 4 is 17.9 Å². The molecule has 1 N–H and O–H groups in total. The van der Waals surface area contributed by atoms with E-state index >= 15 is 0 Å². The fraction of sp³-hybridized carbons (Fsp3) is 0.100. The van der Waals surface area contributed by atoms with Crippen LogP contribution in [-0.2, 0) is 9.59 Å². The first-order valence-electron chi connectivity index (χ1n) is 4.20. The number of pyridine rings is 1. The number of rotatable bonds is 1. The van der Waals surface area contributed by atoms with Gasteiger partial charge < -0.3 is 0 Å². The molecule has 4 heteroatoms. The van der Waals surface area contributed by atoms with Gasteiger partial charge in [-0.3, -0.25) is 19.9 Å². The maximum absolute atomic E-state index is 11.2. The largest absolute Gasteiger partial charge is 0.292 e. The number of aromatic nitrogens is 1. The molecule has 1 aliphatic rings. The van der Waals surface area contributed by atoms with Gasteiger partial charge in [0.15, 0.2) is 0 Å². The lowest BCUT2D eigenvalue weighted by molar-refractivity contribution is -0.124. The van der Waals surface area contributed by atoms with Crippen LogP contribution in [0.5, 0.6) is 0 Å². The Labute approximate surface area is 80.7 Å². The molecule has 2 rings (SSSR count). The third-order valence-electron chi connectivity index (χ3n) is 1.94. The van der Waals surface area contributed by atoms with Gasteiger partial charge in [0.25, 0.3) is 5.91 Å². The maximum Gasteiger partial charge on any atom is 0.254 e. The van der Waals surface area contributed by atoms with Crippen LogP contribution in [0, 0.1) is 0 Å². The number of hydrogen-bond donors (Lipinski definition) is 1. The molecular weight excluding hydrogens is 180 g/mol. The Kier molecular flexibility index (Phi) is 2.10. The lowest BCUT2D eigenvalue weighted by Gasteiger charge is -1.93. The van der Waals surface area contributed by atoms with Gasteiger partial charge in [0.05, 0.1) is 6.42 Å². The van der Waals surface area contributed by atoms with Crippen LogP contribution in [0.3, 0.4) is 0 Å². The summed E-state index contributed by atoms with van der Waals surface area (Å²) in [6, 6.07) is 3.56. The van der Waals surface area contributed by atoms with Gasteiger partial charge in [-0.25, -0.2) is 0 Å². The zero-order chi connectivity index (χ0) is 9.97. The molecule has 2 heterocycles. The molecule has 0 spiro atoms. The van der Waals surface area contributed by atoms with Crippen LogP contribution < -0.4 is 5.32 Å². The Bertz CT molecular complexity index is 409. The standard InChI is InChI=1S/C10H8N2O2/c13-9-6-8(10(14)12-9)5-7-1-3-11-4-2-7/h1-5H,6H2,(H,12,13,14)/b8-5+. The summed E-state index contributed by atoms with van der Waals surface area (Å²) in [5, 5.41) is 2.23. The highest BCUT2D eigenvalue weighted by molar-refractivity contribution is 6.15. The second kappa shape index (κ2) is 3.41. The molecule has 14 heavy (non-hydrogen) atoms. The van der Waals surface area contributed by atoms with Crippen molar-refractivity contribution in [3.8, 4) is 0 Å². The van der Waals surface area contributed by atoms with Crippen LogP contribution in [0.2, 0.25) is 0 Å². The Morgan fingerprint density at radius 1 is 1.29 bits per heavy atom. The summed E-state index contributed by atoms with van der Waals surface area (Å²) in [7, 11) is 0. The van der Waals surface area contributed by atoms with Gasteiger partial charge >= 0.3 is 0 Å². The van der Waals surface area contributed by atoms with Crippen molar-refractivity contribution in [2.75, 3.05) is 0 Å². The zero-order valence-corrected chi connectivity index (χ0v) is 7.36. The van der Waals surface area contributed by atoms with Crippen molar-refractivity contribution in [1.82, 2.24) is 10.3 Å². The van der Waals surface area contributed by atoms with Gasteiger partial charge in [-0.2, -0.15) is 0 Å². The Balaban J connectivity index is 2.28. The predicted molar refractivity (Wildman–Crippen MR) is 50.0 cm³/mol. The molecule has 1 saturated heterocycles. The quantitative estimate of drug-likeness (QED) is 0.516. The summed E-state index contributed by atoms with van der Waals surface area (Å²) in [4.78, 5) is 25.9. The average Bonchev–Trinajstić information content (AvgIpc) is 2.47. The molecule has 4 nitrogen and oxygen atoms in total. The molecule has 1 fully saturated rings. The molecule has 1 aromatic heterocycles. The van der Waals surface area contributed by atoms with Crippen LogP contribution in [0.1, 0.15) is 12.0 Å². The van der Waals surface area contributed by atoms with Crippen molar-refractivity contribution in [2.24, 2.45) is 0 Å². The molecule has 0 aromatic carbocycles. The monoisotopic (exact) mass is 188 g/mol. The highest BCUT2D eigenvalue weighted by Gasteiger charge is 2.23. The summed E-state index contributed by atoms with van der Waals surface area (Å²) < 4.78 is 0. The van der Waals surface area contributed by atoms with Crippen LogP contribution in [0.4, 0.5) is 0 Å². The van der Waals surface area contributed by atoms with E-state index in [-0.39, 0.29) is 18.2 Å². The number of hydrogen-bond acceptors (Lipinski definition) is 3. The van der Waals surface area contributed by atoms with Gasteiger partial charge in [0, 0.05) is 18.0 Å². The van der Waals surface area contributed by atoms with Gasteiger partial charge in [0.1, 0.15) is 0 Å². The molecule has 70 valence electrons. The Morgan fingerprint density at radius 2 is 2.00 bits per heavy atom. The van der Waals surface area contributed by atoms with Crippen LogP contribution in [0.15, 0.2) is 30.1 Å². The van der Waals surface area contributed by atoms with Crippen LogP contribution in [-0.4, -0.2) is 16.8 Å². The van der Waals surface area contributed by atoms with E-state index in [4.69, 9.17) is 0 Å². The minimum atomic E-state index is -0.299. The minimum absolute atomic E-state index is 0.168. The van der Waals surface area contributed by atoms with E-state index in [2.05, 4.69) is 10.3 Å². The first-order chi connectivity index (χ1) is 6.75. The molecule has 0 saturated carbocycles. The molecule has 0 aliphatic carbocycles. The second-order valence-electron chi connectivity index (χ2n) is 3.00. The van der Waals surface area contributed by atoms with Crippen molar-refractivity contribution in [3.63, 3.8) is 0 Å². The molecular formula is C10H8N2O2. The van der Waals surface area contributed by atoms with Gasteiger partial charge in [-0.15, -0.1) is 0 Å². The topological polar surface area (TPSA) is 59.1 Å². The molecule has 1 aromatic rings. The fourth-order valence-electron chi connectivity index (χ4n) is 1.28. The first kappa shape index (κ1) is 8.62. The SMILES string of the molecule is O=C1C/C(=C\c2ccncc2)C(=O)N1. The summed E-state index contributed by atoms with van der Waals surface area (Å²) in [5.41, 5.74) is 1.38. The summed E-state index contributed by atoms with van der Waals surface area (Å²) in [6.45, 7) is 0. The van der Waals surface area contributed by atoms with Crippen molar-refractivity contribution < 1.29 is 9.59 Å². The number of nitrogens with zero attached hydrogens (tertiary/aromatic N) is 1. The summed E-state index contributed by atoms with van der Waals surface area (Å²) >= 11 is 0. The lowest BCUT2D eigenvalue weighted by Crippen LogP contribution is -2.19. The molecule has 1 aliphatic heterocycles. The highest BCUT2D eigenvalue weighted by Crippen LogP contribution is 2.13. The van der Waals surface area contributed by atoms with E-state index in [0.717, 1.165) is 5.56 Å². The zero-order valence-electron chi connectivity index (χ0n) is 7.36. The maximum atomic E-state index is 11.2. The highest BCUT2D eigenvalue weighted by atomic mass is 16.2. The predicted octanol–water partition coefficient (Wildman–Crippen LogP) is 0.511. The van der Waals surface area contributed by atoms with Crippen LogP contribution in [0.25, 0.3) is 6.08 Å². The number of carbonyl (C=O) groups is 2. The van der Waals surface area contributed by atoms with E-state index in [1.54, 1.807) is 30.6 Å². The number of nitrogens with one attached hydrogen (secondary N) is 1. The number of amides is 2. The minimum Gasteiger partial charge on any atom is -0.292 e. The second-order valence-corrected chi connectivity index (χ2v) is 3.00. The van der Waals surface area contributed by atoms with E-state index < -0.39 is 0 Å². The number of carbonyl (C=O) groups excluding carboxylic acids is 2. The van der Waals surface area contributed by atoms with E-state index in [1.807, 2.05) is 0 Å². The summed E-state index contributed by atoms with van der Waals surface area (Å²) in [6.07, 6.45) is 5.14. The van der Waals surface area contributed by atoms with Gasteiger partial charge in [-0.05, 0) is 23.8 Å². The molecule has 0 bridgehead atoms. The molecule has 0 unspecified atom stereocenters. The molecule has 2 amide bonds. The smallest absolute Gasteiger partial charge is 0.254 e. The normalized spacial score (nSPS) is 18.7. The van der Waals surface area contributed by atoms with E-state index in [1.165, 1.54) is 0 Å². The lowest BCUT2D eigenvalue weighted by atomic mass is 10.1. The fourth-order valence-corrected chi connectivity index (χ4v) is 1.28. The van der Waals surface area contributed by atoms with E-state index in [0.29, 0.717) is 5.57 Å². The van der Waals surface area contributed by atoms with Crippen LogP contribution >= 0.6 is 0 Å². The third-order valence-corrected chi connectivity index (χ3v) is 1.94. The number of imide groups is 1. The van der Waals surface area contributed by atoms with Crippen molar-refractivity contribution in [2.45, 2.75) is 6.42 Å². The van der Waals surface area contributed by atoms with Gasteiger partial charge in [-0.1, -0.05) is 0 Å². The van der Waals surface area contributed by atoms with Crippen molar-refractivity contribution in [3.05, 3.63) is 35.7 Å². The molecule has 0 atom stereocenters. The Morgan fingerprint density at radius 3 is 2.57 bits per heavy atom. The van der Waals surface area contributed by atoms with E-state index in [9.17, 15) is 9.59 Å². The average molecular weight is 188 g/mol. The third kappa shape index (κ3) is 1.69. The Hall–Kier alpha value is -1.97. The first-order valence-corrected chi connectivity index (χ1v) is 4.20. The van der Waals surface area contributed by atoms with Gasteiger partial charge in [0.2, 0.25) is 5.91 Å².